The number of fused-ring (bicyclic) bond motifs is 1. The summed E-state index contributed by atoms with van der Waals surface area (Å²) < 4.78 is 5.48. The second-order valence-electron chi connectivity index (χ2n) is 6.62. The second-order valence-corrected chi connectivity index (χ2v) is 6.62. The summed E-state index contributed by atoms with van der Waals surface area (Å²) in [6, 6.07) is 16.1. The number of carbonyl (C=O) groups is 1. The highest BCUT2D eigenvalue weighted by Gasteiger charge is 2.30. The summed E-state index contributed by atoms with van der Waals surface area (Å²) in [5, 5.41) is 0. The number of likely N-dealkylation sites (N-methyl/N-ethyl adjacent to an activating group) is 1. The molecule has 0 N–H and O–H groups in total. The van der Waals surface area contributed by atoms with E-state index in [0.29, 0.717) is 0 Å². The van der Waals surface area contributed by atoms with Crippen molar-refractivity contribution < 1.29 is 9.53 Å². The number of amides is 1. The third-order valence-electron chi connectivity index (χ3n) is 5.14. The number of carbonyl (C=O) groups excluding carboxylic acids is 1. The van der Waals surface area contributed by atoms with E-state index < -0.39 is 0 Å². The van der Waals surface area contributed by atoms with Crippen molar-refractivity contribution in [1.29, 1.82) is 0 Å². The lowest BCUT2D eigenvalue weighted by molar-refractivity contribution is -0.112. The van der Waals surface area contributed by atoms with E-state index in [1.807, 2.05) is 55.7 Å². The van der Waals surface area contributed by atoms with Gasteiger partial charge in [-0.3, -0.25) is 4.79 Å². The standard InChI is InChI=1S/C21H23N3O2/c1-22-18-8-4-3-7-16(18)17(21(22)25)15-23-11-13-24(14-12-23)19-9-5-6-10-20(19)26-2/h3-10,15H,11-14H2,1-2H3/b17-15-. The summed E-state index contributed by atoms with van der Waals surface area (Å²) in [6.07, 6.45) is 2.03. The van der Waals surface area contributed by atoms with Crippen molar-refractivity contribution >= 4 is 22.9 Å². The summed E-state index contributed by atoms with van der Waals surface area (Å²) in [6.45, 7) is 3.55. The number of piperazine rings is 1. The highest BCUT2D eigenvalue weighted by Crippen LogP contribution is 2.36. The van der Waals surface area contributed by atoms with Crippen molar-refractivity contribution in [1.82, 2.24) is 4.90 Å². The Hall–Kier alpha value is -2.95. The number of ether oxygens (including phenoxy) is 1. The van der Waals surface area contributed by atoms with Crippen LogP contribution in [0.2, 0.25) is 0 Å². The van der Waals surface area contributed by atoms with Gasteiger partial charge in [0.05, 0.1) is 24.1 Å². The third-order valence-corrected chi connectivity index (χ3v) is 5.14. The van der Waals surface area contributed by atoms with Crippen LogP contribution in [0.25, 0.3) is 5.57 Å². The van der Waals surface area contributed by atoms with Gasteiger partial charge in [-0.15, -0.1) is 0 Å². The molecule has 2 aliphatic heterocycles. The maximum atomic E-state index is 12.6. The van der Waals surface area contributed by atoms with Gasteiger partial charge in [0, 0.05) is 45.0 Å². The Morgan fingerprint density at radius 2 is 1.58 bits per heavy atom. The van der Waals surface area contributed by atoms with Crippen molar-refractivity contribution in [2.75, 3.05) is 50.1 Å². The van der Waals surface area contributed by atoms with Crippen molar-refractivity contribution in [3.05, 3.63) is 60.3 Å². The second kappa shape index (κ2) is 6.75. The number of nitrogens with zero attached hydrogens (tertiary/aromatic N) is 3. The molecular weight excluding hydrogens is 326 g/mol. The Morgan fingerprint density at radius 3 is 2.31 bits per heavy atom. The Bertz CT molecular complexity index is 854. The van der Waals surface area contributed by atoms with Crippen LogP contribution in [0.3, 0.4) is 0 Å². The minimum absolute atomic E-state index is 0.0679. The van der Waals surface area contributed by atoms with Gasteiger partial charge in [0.25, 0.3) is 5.91 Å². The molecule has 2 aromatic rings. The first-order valence-electron chi connectivity index (χ1n) is 8.90. The van der Waals surface area contributed by atoms with Crippen LogP contribution in [0.5, 0.6) is 5.75 Å². The molecule has 0 saturated carbocycles. The molecule has 5 heteroatoms. The number of rotatable bonds is 3. The van der Waals surface area contributed by atoms with Gasteiger partial charge in [-0.2, -0.15) is 0 Å². The molecule has 1 saturated heterocycles. The Balaban J connectivity index is 1.51. The van der Waals surface area contributed by atoms with Crippen LogP contribution in [0.15, 0.2) is 54.7 Å². The zero-order valence-electron chi connectivity index (χ0n) is 15.2. The number of methoxy groups -OCH3 is 1. The molecule has 4 rings (SSSR count). The van der Waals surface area contributed by atoms with E-state index >= 15 is 0 Å². The molecule has 26 heavy (non-hydrogen) atoms. The Labute approximate surface area is 154 Å². The lowest BCUT2D eigenvalue weighted by Crippen LogP contribution is -2.44. The molecule has 1 fully saturated rings. The summed E-state index contributed by atoms with van der Waals surface area (Å²) in [4.78, 5) is 18.9. The molecule has 2 aliphatic rings. The maximum Gasteiger partial charge on any atom is 0.260 e. The van der Waals surface area contributed by atoms with Gasteiger partial charge in [-0.1, -0.05) is 30.3 Å². The number of para-hydroxylation sites is 3. The summed E-state index contributed by atoms with van der Waals surface area (Å²) >= 11 is 0. The van der Waals surface area contributed by atoms with E-state index in [9.17, 15) is 4.79 Å². The largest absolute Gasteiger partial charge is 0.495 e. The van der Waals surface area contributed by atoms with Crippen LogP contribution >= 0.6 is 0 Å². The molecule has 0 aromatic heterocycles. The molecule has 0 aliphatic carbocycles. The number of hydrogen-bond donors (Lipinski definition) is 0. The minimum Gasteiger partial charge on any atom is -0.495 e. The lowest BCUT2D eigenvalue weighted by atomic mass is 10.1. The van der Waals surface area contributed by atoms with Gasteiger partial charge in [0.2, 0.25) is 0 Å². The quantitative estimate of drug-likeness (QED) is 0.799. The van der Waals surface area contributed by atoms with Crippen LogP contribution in [-0.4, -0.2) is 51.1 Å². The van der Waals surface area contributed by atoms with Crippen LogP contribution in [0, 0.1) is 0 Å². The number of hydrogen-bond acceptors (Lipinski definition) is 4. The first-order valence-corrected chi connectivity index (χ1v) is 8.90. The average molecular weight is 349 g/mol. The third kappa shape index (κ3) is 2.79. The fraction of sp³-hybridized carbons (Fsp3) is 0.286. The monoisotopic (exact) mass is 349 g/mol. The molecule has 5 nitrogen and oxygen atoms in total. The summed E-state index contributed by atoms with van der Waals surface area (Å²) in [7, 11) is 3.54. The van der Waals surface area contributed by atoms with Crippen molar-refractivity contribution in [3.8, 4) is 5.75 Å². The number of anilines is 2. The van der Waals surface area contributed by atoms with Gasteiger partial charge < -0.3 is 19.4 Å². The van der Waals surface area contributed by atoms with E-state index in [4.69, 9.17) is 4.74 Å². The maximum absolute atomic E-state index is 12.6. The molecular formula is C21H23N3O2. The van der Waals surface area contributed by atoms with Gasteiger partial charge in [0.1, 0.15) is 5.75 Å². The van der Waals surface area contributed by atoms with Gasteiger partial charge in [0.15, 0.2) is 0 Å². The first kappa shape index (κ1) is 16.5. The topological polar surface area (TPSA) is 36.0 Å². The van der Waals surface area contributed by atoms with Crippen LogP contribution < -0.4 is 14.5 Å². The number of benzene rings is 2. The Morgan fingerprint density at radius 1 is 0.923 bits per heavy atom. The van der Waals surface area contributed by atoms with Gasteiger partial charge in [-0.05, 0) is 18.2 Å². The lowest BCUT2D eigenvalue weighted by Gasteiger charge is -2.36. The van der Waals surface area contributed by atoms with E-state index in [-0.39, 0.29) is 5.91 Å². The SMILES string of the molecule is COc1ccccc1N1CCN(/C=C2\C(=O)N(C)c3ccccc32)CC1. The predicted octanol–water partition coefficient (Wildman–Crippen LogP) is 2.83. The van der Waals surface area contributed by atoms with E-state index in [0.717, 1.165) is 54.4 Å². The highest BCUT2D eigenvalue weighted by atomic mass is 16.5. The predicted molar refractivity (Wildman–Crippen MR) is 105 cm³/mol. The smallest absolute Gasteiger partial charge is 0.260 e. The van der Waals surface area contributed by atoms with Crippen LogP contribution in [0.1, 0.15) is 5.56 Å². The Kier molecular flexibility index (Phi) is 4.29. The normalized spacial score (nSPS) is 18.5. The van der Waals surface area contributed by atoms with Crippen molar-refractivity contribution in [3.63, 3.8) is 0 Å². The fourth-order valence-corrected chi connectivity index (χ4v) is 3.69. The van der Waals surface area contributed by atoms with Crippen LogP contribution in [0.4, 0.5) is 11.4 Å². The average Bonchev–Trinajstić information content (AvgIpc) is 2.94. The molecule has 2 aromatic carbocycles. The fourth-order valence-electron chi connectivity index (χ4n) is 3.69. The molecule has 0 unspecified atom stereocenters. The zero-order valence-corrected chi connectivity index (χ0v) is 15.2. The molecule has 0 bridgehead atoms. The van der Waals surface area contributed by atoms with E-state index in [2.05, 4.69) is 15.9 Å². The molecule has 0 radical (unpaired) electrons. The van der Waals surface area contributed by atoms with Crippen molar-refractivity contribution in [2.45, 2.75) is 0 Å². The van der Waals surface area contributed by atoms with E-state index in [1.165, 1.54) is 0 Å². The van der Waals surface area contributed by atoms with Gasteiger partial charge in [-0.25, -0.2) is 0 Å². The molecule has 0 atom stereocenters. The van der Waals surface area contributed by atoms with Crippen molar-refractivity contribution in [2.24, 2.45) is 0 Å². The zero-order chi connectivity index (χ0) is 18.1. The van der Waals surface area contributed by atoms with Gasteiger partial charge >= 0.3 is 0 Å². The molecule has 2 heterocycles. The first-order chi connectivity index (χ1) is 12.7. The summed E-state index contributed by atoms with van der Waals surface area (Å²) in [5.74, 6) is 0.971. The summed E-state index contributed by atoms with van der Waals surface area (Å²) in [5.41, 5.74) is 3.92. The highest BCUT2D eigenvalue weighted by molar-refractivity contribution is 6.32. The minimum atomic E-state index is 0.0679. The molecule has 1 amide bonds. The molecule has 134 valence electrons. The van der Waals surface area contributed by atoms with E-state index in [1.54, 1.807) is 12.0 Å². The van der Waals surface area contributed by atoms with Crippen LogP contribution in [-0.2, 0) is 4.79 Å². The molecule has 0 spiro atoms.